The standard InChI is InChI=1S/C16H19ClN4OS.HI/c1-18-16(21-11-12-5-4-10-23-12)20-9-8-19-15(22)13-6-2-3-7-14(13)17;/h2-7,10H,8-9,11H2,1H3,(H,19,22)(H2,18,20,21);1H. The number of aliphatic imine (C=N–C) groups is 1. The van der Waals surface area contributed by atoms with Crippen LogP contribution < -0.4 is 16.0 Å². The number of carbonyl (C=O) groups excluding carboxylic acids is 1. The number of thiophene rings is 1. The molecule has 2 aromatic rings. The minimum atomic E-state index is -0.182. The Morgan fingerprint density at radius 3 is 2.54 bits per heavy atom. The summed E-state index contributed by atoms with van der Waals surface area (Å²) in [7, 11) is 1.71. The second-order valence-electron chi connectivity index (χ2n) is 4.67. The number of carbonyl (C=O) groups is 1. The lowest BCUT2D eigenvalue weighted by molar-refractivity contribution is 0.0954. The average molecular weight is 479 g/mol. The van der Waals surface area contributed by atoms with Gasteiger partial charge in [-0.3, -0.25) is 9.79 Å². The van der Waals surface area contributed by atoms with Crippen LogP contribution in [-0.2, 0) is 6.54 Å². The van der Waals surface area contributed by atoms with Gasteiger partial charge in [0.15, 0.2) is 5.96 Å². The van der Waals surface area contributed by atoms with Crippen LogP contribution in [0.3, 0.4) is 0 Å². The maximum Gasteiger partial charge on any atom is 0.252 e. The zero-order valence-electron chi connectivity index (χ0n) is 13.2. The van der Waals surface area contributed by atoms with E-state index < -0.39 is 0 Å². The van der Waals surface area contributed by atoms with Gasteiger partial charge in [0.25, 0.3) is 5.91 Å². The molecule has 0 spiro atoms. The molecule has 0 saturated carbocycles. The van der Waals surface area contributed by atoms with Gasteiger partial charge in [-0.15, -0.1) is 35.3 Å². The van der Waals surface area contributed by atoms with Crippen molar-refractivity contribution in [1.29, 1.82) is 0 Å². The monoisotopic (exact) mass is 478 g/mol. The molecule has 0 fully saturated rings. The van der Waals surface area contributed by atoms with Crippen LogP contribution in [0.1, 0.15) is 15.2 Å². The zero-order chi connectivity index (χ0) is 16.5. The predicted octanol–water partition coefficient (Wildman–Crippen LogP) is 3.11. The van der Waals surface area contributed by atoms with Crippen LogP contribution in [0, 0.1) is 0 Å². The van der Waals surface area contributed by atoms with Crippen LogP contribution in [0.2, 0.25) is 5.02 Å². The Hall–Kier alpha value is -1.32. The molecule has 8 heteroatoms. The maximum absolute atomic E-state index is 12.0. The Morgan fingerprint density at radius 2 is 1.88 bits per heavy atom. The first kappa shape index (κ1) is 20.7. The quantitative estimate of drug-likeness (QED) is 0.259. The molecule has 130 valence electrons. The largest absolute Gasteiger partial charge is 0.355 e. The van der Waals surface area contributed by atoms with E-state index in [-0.39, 0.29) is 29.9 Å². The van der Waals surface area contributed by atoms with Crippen molar-refractivity contribution in [3.63, 3.8) is 0 Å². The molecule has 5 nitrogen and oxygen atoms in total. The van der Waals surface area contributed by atoms with Gasteiger partial charge in [-0.05, 0) is 23.6 Å². The molecular weight excluding hydrogens is 459 g/mol. The number of nitrogens with one attached hydrogen (secondary N) is 3. The van der Waals surface area contributed by atoms with Gasteiger partial charge in [0, 0.05) is 25.0 Å². The van der Waals surface area contributed by atoms with Crippen molar-refractivity contribution < 1.29 is 4.79 Å². The van der Waals surface area contributed by atoms with Gasteiger partial charge >= 0.3 is 0 Å². The number of rotatable bonds is 6. The molecule has 0 saturated heterocycles. The van der Waals surface area contributed by atoms with E-state index in [0.29, 0.717) is 29.6 Å². The van der Waals surface area contributed by atoms with E-state index in [4.69, 9.17) is 11.6 Å². The molecule has 0 aliphatic rings. The van der Waals surface area contributed by atoms with Crippen LogP contribution >= 0.6 is 46.9 Å². The number of hydrogen-bond acceptors (Lipinski definition) is 3. The van der Waals surface area contributed by atoms with Crippen LogP contribution in [-0.4, -0.2) is 32.0 Å². The Morgan fingerprint density at radius 1 is 1.12 bits per heavy atom. The smallest absolute Gasteiger partial charge is 0.252 e. The SMILES string of the molecule is CN=C(NCCNC(=O)c1ccccc1Cl)NCc1cccs1.I. The van der Waals surface area contributed by atoms with E-state index in [0.717, 1.165) is 6.54 Å². The summed E-state index contributed by atoms with van der Waals surface area (Å²) in [6, 6.07) is 11.1. The van der Waals surface area contributed by atoms with Crippen molar-refractivity contribution >= 4 is 58.8 Å². The molecule has 1 aromatic carbocycles. The van der Waals surface area contributed by atoms with Gasteiger partial charge in [0.1, 0.15) is 0 Å². The van der Waals surface area contributed by atoms with E-state index in [2.05, 4.69) is 27.0 Å². The highest BCUT2D eigenvalue weighted by molar-refractivity contribution is 14.0. The van der Waals surface area contributed by atoms with E-state index in [9.17, 15) is 4.79 Å². The number of amides is 1. The van der Waals surface area contributed by atoms with E-state index in [1.165, 1.54) is 4.88 Å². The molecule has 1 aromatic heterocycles. The fourth-order valence-corrected chi connectivity index (χ4v) is 2.77. The van der Waals surface area contributed by atoms with Gasteiger partial charge in [-0.2, -0.15) is 0 Å². The lowest BCUT2D eigenvalue weighted by Crippen LogP contribution is -2.41. The number of halogens is 2. The third-order valence-electron chi connectivity index (χ3n) is 3.06. The Balaban J connectivity index is 0.00000288. The first-order valence-corrected chi connectivity index (χ1v) is 8.46. The fraction of sp³-hybridized carbons (Fsp3) is 0.250. The van der Waals surface area contributed by atoms with Gasteiger partial charge < -0.3 is 16.0 Å². The van der Waals surface area contributed by atoms with Crippen molar-refractivity contribution in [3.05, 3.63) is 57.2 Å². The minimum Gasteiger partial charge on any atom is -0.355 e. The van der Waals surface area contributed by atoms with Gasteiger partial charge in [-0.25, -0.2) is 0 Å². The predicted molar refractivity (Wildman–Crippen MR) is 112 cm³/mol. The van der Waals surface area contributed by atoms with Crippen molar-refractivity contribution in [1.82, 2.24) is 16.0 Å². The highest BCUT2D eigenvalue weighted by atomic mass is 127. The Labute approximate surface area is 167 Å². The van der Waals surface area contributed by atoms with E-state index >= 15 is 0 Å². The van der Waals surface area contributed by atoms with Gasteiger partial charge in [0.2, 0.25) is 0 Å². The number of benzene rings is 1. The van der Waals surface area contributed by atoms with Crippen molar-refractivity contribution in [2.75, 3.05) is 20.1 Å². The van der Waals surface area contributed by atoms with Crippen molar-refractivity contribution in [2.24, 2.45) is 4.99 Å². The summed E-state index contributed by atoms with van der Waals surface area (Å²) < 4.78 is 0. The summed E-state index contributed by atoms with van der Waals surface area (Å²) in [5, 5.41) is 11.7. The second kappa shape index (κ2) is 11.3. The molecule has 24 heavy (non-hydrogen) atoms. The Bertz CT molecular complexity index is 664. The third kappa shape index (κ3) is 6.66. The topological polar surface area (TPSA) is 65.5 Å². The summed E-state index contributed by atoms with van der Waals surface area (Å²) in [6.45, 7) is 1.77. The molecule has 3 N–H and O–H groups in total. The third-order valence-corrected chi connectivity index (χ3v) is 4.26. The highest BCUT2D eigenvalue weighted by Gasteiger charge is 2.08. The molecule has 0 radical (unpaired) electrons. The fourth-order valence-electron chi connectivity index (χ4n) is 1.90. The highest BCUT2D eigenvalue weighted by Crippen LogP contribution is 2.14. The van der Waals surface area contributed by atoms with Crippen LogP contribution in [0.4, 0.5) is 0 Å². The number of hydrogen-bond donors (Lipinski definition) is 3. The zero-order valence-corrected chi connectivity index (χ0v) is 17.1. The van der Waals surface area contributed by atoms with Crippen LogP contribution in [0.25, 0.3) is 0 Å². The number of nitrogens with zero attached hydrogens (tertiary/aromatic N) is 1. The van der Waals surface area contributed by atoms with Gasteiger partial charge in [0.05, 0.1) is 17.1 Å². The molecule has 0 bridgehead atoms. The van der Waals surface area contributed by atoms with Crippen LogP contribution in [0.15, 0.2) is 46.8 Å². The molecule has 0 atom stereocenters. The van der Waals surface area contributed by atoms with Crippen molar-refractivity contribution in [3.8, 4) is 0 Å². The molecule has 0 aliphatic heterocycles. The average Bonchev–Trinajstić information content (AvgIpc) is 3.08. The lowest BCUT2D eigenvalue weighted by atomic mass is 10.2. The summed E-state index contributed by atoms with van der Waals surface area (Å²) in [4.78, 5) is 17.4. The Kier molecular flexibility index (Phi) is 9.73. The molecule has 0 unspecified atom stereocenters. The molecular formula is C16H20ClIN4OS. The van der Waals surface area contributed by atoms with E-state index in [1.54, 1.807) is 42.6 Å². The first-order chi connectivity index (χ1) is 11.2. The molecule has 1 amide bonds. The number of guanidine groups is 1. The molecule has 2 rings (SSSR count). The summed E-state index contributed by atoms with van der Waals surface area (Å²) in [6.07, 6.45) is 0. The lowest BCUT2D eigenvalue weighted by Gasteiger charge is -2.12. The summed E-state index contributed by atoms with van der Waals surface area (Å²) in [5.74, 6) is 0.518. The van der Waals surface area contributed by atoms with Crippen LogP contribution in [0.5, 0.6) is 0 Å². The summed E-state index contributed by atoms with van der Waals surface area (Å²) >= 11 is 7.68. The maximum atomic E-state index is 12.0. The van der Waals surface area contributed by atoms with Gasteiger partial charge in [-0.1, -0.05) is 29.8 Å². The first-order valence-electron chi connectivity index (χ1n) is 7.20. The van der Waals surface area contributed by atoms with Crippen molar-refractivity contribution in [2.45, 2.75) is 6.54 Å². The molecule has 0 aliphatic carbocycles. The summed E-state index contributed by atoms with van der Waals surface area (Å²) in [5.41, 5.74) is 0.481. The minimum absolute atomic E-state index is 0. The van der Waals surface area contributed by atoms with E-state index in [1.807, 2.05) is 11.4 Å². The second-order valence-corrected chi connectivity index (χ2v) is 6.11. The molecule has 1 heterocycles. The normalized spacial score (nSPS) is 10.7.